The van der Waals surface area contributed by atoms with Crippen molar-refractivity contribution in [3.8, 4) is 11.4 Å². The Balaban J connectivity index is 1.76. The van der Waals surface area contributed by atoms with Crippen molar-refractivity contribution in [1.82, 2.24) is 29.8 Å². The first kappa shape index (κ1) is 13.3. The lowest BCUT2D eigenvalue weighted by Crippen LogP contribution is -2.08. The molecule has 3 rings (SSSR count). The monoisotopic (exact) mass is 308 g/mol. The molecule has 0 radical (unpaired) electrons. The van der Waals surface area contributed by atoms with Crippen LogP contribution in [0.25, 0.3) is 11.4 Å². The normalized spacial score (nSPS) is 12.8. The van der Waals surface area contributed by atoms with E-state index in [2.05, 4.69) is 27.3 Å². The van der Waals surface area contributed by atoms with Gasteiger partial charge in [-0.2, -0.15) is 5.10 Å². The van der Waals surface area contributed by atoms with Crippen LogP contribution in [-0.2, 0) is 13.5 Å². The molecule has 0 aromatic carbocycles. The zero-order chi connectivity index (χ0) is 14.1. The van der Waals surface area contributed by atoms with Crippen LogP contribution in [-0.4, -0.2) is 29.8 Å². The maximum absolute atomic E-state index is 5.88. The van der Waals surface area contributed by atoms with E-state index in [0.717, 1.165) is 22.8 Å². The molecular formula is C12H13ClN6S. The summed E-state index contributed by atoms with van der Waals surface area (Å²) in [5.74, 6) is 0. The van der Waals surface area contributed by atoms with Gasteiger partial charge in [-0.1, -0.05) is 16.8 Å². The molecule has 6 nitrogen and oxygen atoms in total. The van der Waals surface area contributed by atoms with Crippen LogP contribution in [0.4, 0.5) is 0 Å². The van der Waals surface area contributed by atoms with Gasteiger partial charge in [0.05, 0.1) is 28.5 Å². The zero-order valence-corrected chi connectivity index (χ0v) is 12.6. The Hall–Kier alpha value is -1.73. The lowest BCUT2D eigenvalue weighted by Gasteiger charge is -2.09. The van der Waals surface area contributed by atoms with E-state index in [-0.39, 0.29) is 6.04 Å². The van der Waals surface area contributed by atoms with Crippen molar-refractivity contribution in [3.63, 3.8) is 0 Å². The Morgan fingerprint density at radius 3 is 2.90 bits per heavy atom. The zero-order valence-electron chi connectivity index (χ0n) is 11.1. The Morgan fingerprint density at radius 1 is 1.40 bits per heavy atom. The van der Waals surface area contributed by atoms with Gasteiger partial charge in [-0.15, -0.1) is 16.4 Å². The van der Waals surface area contributed by atoms with Crippen LogP contribution in [0.15, 0.2) is 24.0 Å². The first-order valence-electron chi connectivity index (χ1n) is 6.12. The minimum absolute atomic E-state index is 0.214. The Morgan fingerprint density at radius 2 is 2.25 bits per heavy atom. The predicted molar refractivity (Wildman–Crippen MR) is 77.8 cm³/mol. The molecule has 20 heavy (non-hydrogen) atoms. The highest BCUT2D eigenvalue weighted by molar-refractivity contribution is 7.09. The van der Waals surface area contributed by atoms with Gasteiger partial charge in [0.1, 0.15) is 11.4 Å². The van der Waals surface area contributed by atoms with Crippen LogP contribution >= 0.6 is 22.9 Å². The average molecular weight is 309 g/mol. The third-order valence-corrected chi connectivity index (χ3v) is 4.09. The first-order valence-corrected chi connectivity index (χ1v) is 7.38. The third kappa shape index (κ3) is 2.59. The van der Waals surface area contributed by atoms with Crippen molar-refractivity contribution >= 4 is 22.9 Å². The molecule has 3 heterocycles. The number of nitrogens with zero attached hydrogens (tertiary/aromatic N) is 6. The summed E-state index contributed by atoms with van der Waals surface area (Å²) in [7, 11) is 1.86. The fraction of sp³-hybridized carbons (Fsp3) is 0.333. The topological polar surface area (TPSA) is 61.4 Å². The number of aromatic nitrogens is 6. The Bertz CT molecular complexity index is 715. The van der Waals surface area contributed by atoms with Gasteiger partial charge in [-0.3, -0.25) is 4.68 Å². The summed E-state index contributed by atoms with van der Waals surface area (Å²) >= 11 is 7.52. The number of aryl methyl sites for hydroxylation is 1. The van der Waals surface area contributed by atoms with Crippen LogP contribution in [0.5, 0.6) is 0 Å². The largest absolute Gasteiger partial charge is 0.268 e. The van der Waals surface area contributed by atoms with Crippen molar-refractivity contribution in [2.45, 2.75) is 19.4 Å². The van der Waals surface area contributed by atoms with E-state index in [9.17, 15) is 0 Å². The van der Waals surface area contributed by atoms with E-state index in [1.54, 1.807) is 28.4 Å². The van der Waals surface area contributed by atoms with Crippen molar-refractivity contribution in [2.24, 2.45) is 7.05 Å². The number of rotatable bonds is 4. The minimum atomic E-state index is 0.214. The molecule has 0 N–H and O–H groups in total. The summed E-state index contributed by atoms with van der Waals surface area (Å²) in [6, 6.07) is 0.214. The Kier molecular flexibility index (Phi) is 3.54. The van der Waals surface area contributed by atoms with Gasteiger partial charge < -0.3 is 0 Å². The molecule has 0 saturated carbocycles. The second-order valence-corrected chi connectivity index (χ2v) is 5.94. The summed E-state index contributed by atoms with van der Waals surface area (Å²) in [6.45, 7) is 2.09. The lowest BCUT2D eigenvalue weighted by molar-refractivity contribution is 0.488. The molecule has 8 heteroatoms. The van der Waals surface area contributed by atoms with E-state index in [4.69, 9.17) is 11.6 Å². The van der Waals surface area contributed by atoms with E-state index < -0.39 is 0 Å². The highest BCUT2D eigenvalue weighted by Gasteiger charge is 2.13. The van der Waals surface area contributed by atoms with Gasteiger partial charge in [0.25, 0.3) is 0 Å². The molecule has 0 spiro atoms. The molecule has 0 aliphatic rings. The maximum atomic E-state index is 5.88. The summed E-state index contributed by atoms with van der Waals surface area (Å²) < 4.78 is 3.57. The number of thiazole rings is 1. The summed E-state index contributed by atoms with van der Waals surface area (Å²) in [5, 5.41) is 15.7. The molecule has 1 unspecified atom stereocenters. The van der Waals surface area contributed by atoms with E-state index in [1.807, 2.05) is 23.3 Å². The van der Waals surface area contributed by atoms with E-state index in [1.165, 1.54) is 0 Å². The SMILES string of the molecule is CC(Cc1nc(-c2cnnn2C)cs1)n1cc(Cl)cn1. The second kappa shape index (κ2) is 5.34. The van der Waals surface area contributed by atoms with Crippen molar-refractivity contribution < 1.29 is 0 Å². The fourth-order valence-corrected chi connectivity index (χ4v) is 3.00. The smallest absolute Gasteiger partial charge is 0.107 e. The van der Waals surface area contributed by atoms with Crippen LogP contribution in [0.3, 0.4) is 0 Å². The number of halogens is 1. The van der Waals surface area contributed by atoms with Gasteiger partial charge in [0.2, 0.25) is 0 Å². The first-order chi connectivity index (χ1) is 9.63. The third-order valence-electron chi connectivity index (χ3n) is 3.02. The van der Waals surface area contributed by atoms with Crippen molar-refractivity contribution in [2.75, 3.05) is 0 Å². The van der Waals surface area contributed by atoms with Crippen LogP contribution in [0, 0.1) is 0 Å². The fourth-order valence-electron chi connectivity index (χ4n) is 1.95. The highest BCUT2D eigenvalue weighted by Crippen LogP contribution is 2.23. The summed E-state index contributed by atoms with van der Waals surface area (Å²) in [4.78, 5) is 4.63. The van der Waals surface area contributed by atoms with E-state index in [0.29, 0.717) is 5.02 Å². The van der Waals surface area contributed by atoms with Gasteiger partial charge in [-0.05, 0) is 6.92 Å². The maximum Gasteiger partial charge on any atom is 0.107 e. The van der Waals surface area contributed by atoms with Crippen LogP contribution < -0.4 is 0 Å². The van der Waals surface area contributed by atoms with Gasteiger partial charge in [0, 0.05) is 25.0 Å². The number of hydrogen-bond acceptors (Lipinski definition) is 5. The van der Waals surface area contributed by atoms with Gasteiger partial charge in [-0.25, -0.2) is 9.67 Å². The van der Waals surface area contributed by atoms with Crippen LogP contribution in [0.1, 0.15) is 18.0 Å². The molecule has 0 fully saturated rings. The second-order valence-electron chi connectivity index (χ2n) is 4.56. The van der Waals surface area contributed by atoms with Gasteiger partial charge >= 0.3 is 0 Å². The lowest BCUT2D eigenvalue weighted by atomic mass is 10.2. The molecule has 0 bridgehead atoms. The molecule has 0 aliphatic carbocycles. The molecule has 3 aromatic heterocycles. The number of hydrogen-bond donors (Lipinski definition) is 0. The standard InChI is InChI=1S/C12H13ClN6S/c1-8(19-6-9(13)4-15-19)3-12-16-10(7-20-12)11-5-14-17-18(11)2/h4-8H,3H2,1-2H3. The average Bonchev–Trinajstić information content (AvgIpc) is 3.10. The van der Waals surface area contributed by atoms with Crippen LogP contribution in [0.2, 0.25) is 5.02 Å². The van der Waals surface area contributed by atoms with Gasteiger partial charge in [0.15, 0.2) is 0 Å². The molecule has 1 atom stereocenters. The highest BCUT2D eigenvalue weighted by atomic mass is 35.5. The summed E-state index contributed by atoms with van der Waals surface area (Å²) in [5.41, 5.74) is 1.82. The molecule has 0 aliphatic heterocycles. The molecule has 0 amide bonds. The molecular weight excluding hydrogens is 296 g/mol. The molecule has 104 valence electrons. The predicted octanol–water partition coefficient (Wildman–Crippen LogP) is 2.59. The Labute approximate surface area is 125 Å². The van der Waals surface area contributed by atoms with Crippen molar-refractivity contribution in [1.29, 1.82) is 0 Å². The minimum Gasteiger partial charge on any atom is -0.268 e. The summed E-state index contributed by atoms with van der Waals surface area (Å²) in [6.07, 6.45) is 6.00. The quantitative estimate of drug-likeness (QED) is 0.743. The van der Waals surface area contributed by atoms with E-state index >= 15 is 0 Å². The van der Waals surface area contributed by atoms with Crippen molar-refractivity contribution in [3.05, 3.63) is 34.0 Å². The molecule has 0 saturated heterocycles. The molecule has 3 aromatic rings.